The Morgan fingerprint density at radius 2 is 0.833 bits per heavy atom. The van der Waals surface area contributed by atoms with Crippen LogP contribution in [0.3, 0.4) is 0 Å². The van der Waals surface area contributed by atoms with Gasteiger partial charge in [-0.05, 0) is 83.3 Å². The van der Waals surface area contributed by atoms with Gasteiger partial charge in [0.25, 0.3) is 0 Å². The number of hydrogen-bond acceptors (Lipinski definition) is 1. The van der Waals surface area contributed by atoms with Gasteiger partial charge < -0.3 is 4.81 Å². The average Bonchev–Trinajstić information content (AvgIpc) is 3.06. The fourth-order valence-electron chi connectivity index (χ4n) is 7.82. The molecule has 0 bridgehead atoms. The lowest BCUT2D eigenvalue weighted by atomic mass is 9.42. The molecule has 0 saturated carbocycles. The van der Waals surface area contributed by atoms with Crippen LogP contribution in [0.2, 0.25) is 0 Å². The van der Waals surface area contributed by atoms with Gasteiger partial charge in [0.2, 0.25) is 0 Å². The molecule has 0 amide bonds. The number of benzene rings is 8. The Balaban J connectivity index is 1.43. The van der Waals surface area contributed by atoms with Gasteiger partial charge >= 0.3 is 6.85 Å². The van der Waals surface area contributed by atoms with Gasteiger partial charge in [-0.1, -0.05) is 127 Å². The smallest absolute Gasteiger partial charge is 0.329 e. The molecule has 2 aliphatic heterocycles. The lowest BCUT2D eigenvalue weighted by Gasteiger charge is -2.44. The highest BCUT2D eigenvalue weighted by Gasteiger charge is 2.43. The molecule has 0 spiro atoms. The van der Waals surface area contributed by atoms with E-state index in [0.717, 1.165) is 0 Å². The van der Waals surface area contributed by atoms with E-state index in [1.807, 2.05) is 0 Å². The van der Waals surface area contributed by atoms with Gasteiger partial charge in [0.05, 0.1) is 0 Å². The van der Waals surface area contributed by atoms with E-state index < -0.39 is 0 Å². The monoisotopic (exact) mass is 529 g/mol. The summed E-state index contributed by atoms with van der Waals surface area (Å²) in [5.41, 5.74) is 10.7. The molecular formula is C40H24BN. The second-order valence-electron chi connectivity index (χ2n) is 11.7. The fourth-order valence-corrected chi connectivity index (χ4v) is 7.82. The van der Waals surface area contributed by atoms with Crippen LogP contribution < -0.4 is 15.7 Å². The first kappa shape index (κ1) is 22.4. The molecule has 42 heavy (non-hydrogen) atoms. The van der Waals surface area contributed by atoms with Gasteiger partial charge in [-0.2, -0.15) is 0 Å². The first-order valence-corrected chi connectivity index (χ1v) is 14.7. The third kappa shape index (κ3) is 2.84. The quantitative estimate of drug-likeness (QED) is 0.177. The van der Waals surface area contributed by atoms with Crippen molar-refractivity contribution >= 4 is 72.2 Å². The zero-order valence-corrected chi connectivity index (χ0v) is 22.9. The molecule has 0 unspecified atom stereocenters. The summed E-state index contributed by atoms with van der Waals surface area (Å²) in [6.45, 7) is 0.0616. The maximum Gasteiger partial charge on any atom is 0.329 e. The molecule has 2 aliphatic rings. The highest BCUT2D eigenvalue weighted by atomic mass is 15.1. The Kier molecular flexibility index (Phi) is 4.32. The molecule has 0 N–H and O–H groups in total. The highest BCUT2D eigenvalue weighted by molar-refractivity contribution is 6.93. The SMILES string of the molecule is c1ccc2cc3c(cc2c1)B1c2ccc4ccccc4c2-c2c(ccc4ccccc24)N1c1ccc2ccccc2c1-3. The Labute approximate surface area is 244 Å². The van der Waals surface area contributed by atoms with E-state index in [0.29, 0.717) is 0 Å². The Bertz CT molecular complexity index is 2340. The maximum atomic E-state index is 2.64. The minimum atomic E-state index is 0.0616. The summed E-state index contributed by atoms with van der Waals surface area (Å²) < 4.78 is 0. The molecule has 0 aromatic heterocycles. The molecular weight excluding hydrogens is 505 g/mol. The van der Waals surface area contributed by atoms with Crippen molar-refractivity contribution in [1.82, 2.24) is 0 Å². The molecule has 0 radical (unpaired) electrons. The second-order valence-corrected chi connectivity index (χ2v) is 11.7. The zero-order valence-electron chi connectivity index (χ0n) is 22.9. The van der Waals surface area contributed by atoms with Crippen LogP contribution in [0.4, 0.5) is 11.4 Å². The molecule has 192 valence electrons. The summed E-state index contributed by atoms with van der Waals surface area (Å²) in [4.78, 5) is 2.64. The van der Waals surface area contributed by atoms with Gasteiger partial charge in [0.15, 0.2) is 0 Å². The summed E-state index contributed by atoms with van der Waals surface area (Å²) in [6, 6.07) is 54.3. The summed E-state index contributed by atoms with van der Waals surface area (Å²) in [5, 5.41) is 10.3. The van der Waals surface area contributed by atoms with Crippen LogP contribution in [0.25, 0.3) is 65.3 Å². The molecule has 2 heterocycles. The summed E-state index contributed by atoms with van der Waals surface area (Å²) in [5.74, 6) is 0. The van der Waals surface area contributed by atoms with Gasteiger partial charge in [-0.15, -0.1) is 0 Å². The second kappa shape index (κ2) is 8.12. The molecule has 0 atom stereocenters. The van der Waals surface area contributed by atoms with Crippen molar-refractivity contribution in [3.05, 3.63) is 146 Å². The Hall–Kier alpha value is -5.34. The van der Waals surface area contributed by atoms with Gasteiger partial charge in [0.1, 0.15) is 0 Å². The Morgan fingerprint density at radius 1 is 0.357 bits per heavy atom. The molecule has 8 aromatic rings. The maximum absolute atomic E-state index is 2.64. The van der Waals surface area contributed by atoms with Gasteiger partial charge in [-0.25, -0.2) is 0 Å². The van der Waals surface area contributed by atoms with Crippen LogP contribution in [0.5, 0.6) is 0 Å². The van der Waals surface area contributed by atoms with Crippen molar-refractivity contribution in [1.29, 1.82) is 0 Å². The predicted octanol–water partition coefficient (Wildman–Crippen LogP) is 9.20. The van der Waals surface area contributed by atoms with E-state index >= 15 is 0 Å². The van der Waals surface area contributed by atoms with Crippen LogP contribution in [0.15, 0.2) is 146 Å². The third-order valence-corrected chi connectivity index (χ3v) is 9.58. The van der Waals surface area contributed by atoms with Crippen molar-refractivity contribution in [2.45, 2.75) is 0 Å². The minimum Gasteiger partial charge on any atom is -0.376 e. The van der Waals surface area contributed by atoms with E-state index in [4.69, 9.17) is 0 Å². The third-order valence-electron chi connectivity index (χ3n) is 9.58. The highest BCUT2D eigenvalue weighted by Crippen LogP contribution is 2.51. The normalized spacial score (nSPS) is 13.1. The minimum absolute atomic E-state index is 0.0616. The van der Waals surface area contributed by atoms with Gasteiger partial charge in [0, 0.05) is 22.5 Å². The lowest BCUT2D eigenvalue weighted by Crippen LogP contribution is -2.59. The fraction of sp³-hybridized carbons (Fsp3) is 0. The largest absolute Gasteiger partial charge is 0.376 e. The summed E-state index contributed by atoms with van der Waals surface area (Å²) in [6.07, 6.45) is 0. The van der Waals surface area contributed by atoms with Crippen LogP contribution in [0, 0.1) is 0 Å². The number of hydrogen-bond donors (Lipinski definition) is 0. The number of anilines is 2. The lowest BCUT2D eigenvalue weighted by molar-refractivity contribution is 1.37. The van der Waals surface area contributed by atoms with Crippen molar-refractivity contribution < 1.29 is 0 Å². The van der Waals surface area contributed by atoms with Crippen LogP contribution in [0.1, 0.15) is 0 Å². The van der Waals surface area contributed by atoms with E-state index in [1.54, 1.807) is 0 Å². The van der Waals surface area contributed by atoms with E-state index in [9.17, 15) is 0 Å². The standard InChI is InChI=1S/C40H24BN/c1-2-13-29-24-35-33(23-28(29)12-1)38-30-14-6-3-10-26(30)18-21-36(38)42-37-22-19-27-11-5-8-16-32(27)40(37)39-31-15-7-4-9-25(31)17-20-34(39)41(35)42/h1-24H. The van der Waals surface area contributed by atoms with E-state index in [1.165, 1.54) is 87.6 Å². The van der Waals surface area contributed by atoms with Crippen LogP contribution >= 0.6 is 0 Å². The number of nitrogens with zero attached hydrogens (tertiary/aromatic N) is 1. The van der Waals surface area contributed by atoms with Crippen LogP contribution in [-0.4, -0.2) is 6.85 Å². The first-order chi connectivity index (χ1) is 20.8. The first-order valence-electron chi connectivity index (χ1n) is 14.7. The van der Waals surface area contributed by atoms with Crippen molar-refractivity contribution in [2.75, 3.05) is 4.81 Å². The molecule has 2 heteroatoms. The molecule has 0 fully saturated rings. The van der Waals surface area contributed by atoms with E-state index in [2.05, 4.69) is 150 Å². The Morgan fingerprint density at radius 3 is 1.48 bits per heavy atom. The topological polar surface area (TPSA) is 3.24 Å². The van der Waals surface area contributed by atoms with Crippen LogP contribution in [-0.2, 0) is 0 Å². The summed E-state index contributed by atoms with van der Waals surface area (Å²) >= 11 is 0. The zero-order chi connectivity index (χ0) is 27.4. The van der Waals surface area contributed by atoms with Crippen molar-refractivity contribution in [2.24, 2.45) is 0 Å². The molecule has 0 aliphatic carbocycles. The van der Waals surface area contributed by atoms with Gasteiger partial charge in [-0.3, -0.25) is 0 Å². The molecule has 10 rings (SSSR count). The molecule has 0 saturated heterocycles. The molecule has 1 nitrogen and oxygen atoms in total. The van der Waals surface area contributed by atoms with E-state index in [-0.39, 0.29) is 6.85 Å². The van der Waals surface area contributed by atoms with Crippen molar-refractivity contribution in [3.8, 4) is 22.3 Å². The predicted molar refractivity (Wildman–Crippen MR) is 181 cm³/mol. The summed E-state index contributed by atoms with van der Waals surface area (Å²) in [7, 11) is 0. The number of fused-ring (bicyclic) bond motifs is 18. The molecule has 8 aromatic carbocycles. The average molecular weight is 529 g/mol. The number of rotatable bonds is 0. The van der Waals surface area contributed by atoms with Crippen molar-refractivity contribution in [3.63, 3.8) is 0 Å².